The molecule has 1 heterocycles. The first-order chi connectivity index (χ1) is 30.7. The third-order valence-corrected chi connectivity index (χ3v) is 13.4. The number of amides is 1. The van der Waals surface area contributed by atoms with Crippen LogP contribution in [0.3, 0.4) is 0 Å². The molecule has 1 rings (SSSR count). The van der Waals surface area contributed by atoms with Crippen LogP contribution in [0.4, 0.5) is 0 Å². The Kier molecular flexibility index (Phi) is 40.5. The average Bonchev–Trinajstić information content (AvgIpc) is 3.28. The van der Waals surface area contributed by atoms with Crippen LogP contribution in [0, 0.1) is 0 Å². The van der Waals surface area contributed by atoms with Gasteiger partial charge < -0.3 is 50.5 Å². The van der Waals surface area contributed by atoms with Gasteiger partial charge in [0.25, 0.3) is 0 Å². The zero-order valence-electron chi connectivity index (χ0n) is 40.8. The molecule has 0 aromatic rings. The van der Waals surface area contributed by atoms with E-state index in [0.29, 0.717) is 19.3 Å². The third kappa shape index (κ3) is 31.7. The number of rotatable bonds is 46. The zero-order valence-corrected chi connectivity index (χ0v) is 40.8. The number of hydrogen-bond donors (Lipinski definition) is 8. The number of aliphatic hydroxyl groups is 7. The van der Waals surface area contributed by atoms with Gasteiger partial charge in [0.15, 0.2) is 6.29 Å². The summed E-state index contributed by atoms with van der Waals surface area (Å²) in [5, 5.41) is 75.7. The van der Waals surface area contributed by atoms with E-state index in [2.05, 4.69) is 19.2 Å². The molecule has 376 valence electrons. The van der Waals surface area contributed by atoms with Crippen LogP contribution in [0.5, 0.6) is 0 Å². The Labute approximate surface area is 386 Å². The molecule has 0 bridgehead atoms. The maximum Gasteiger partial charge on any atom is 0.249 e. The molecule has 8 N–H and O–H groups in total. The van der Waals surface area contributed by atoms with Crippen LogP contribution in [0.25, 0.3) is 0 Å². The number of carbonyl (C=O) groups is 1. The van der Waals surface area contributed by atoms with Gasteiger partial charge in [-0.3, -0.25) is 4.79 Å². The summed E-state index contributed by atoms with van der Waals surface area (Å²) in [6.07, 6.45) is 34.7. The fraction of sp³-hybridized carbons (Fsp3) is 0.981. The predicted octanol–water partition coefficient (Wildman–Crippen LogP) is 10.2. The van der Waals surface area contributed by atoms with Crippen LogP contribution >= 0.6 is 0 Å². The van der Waals surface area contributed by atoms with Gasteiger partial charge in [0.2, 0.25) is 5.91 Å². The predicted molar refractivity (Wildman–Crippen MR) is 256 cm³/mol. The topological polar surface area (TPSA) is 189 Å². The second-order valence-electron chi connectivity index (χ2n) is 19.3. The van der Waals surface area contributed by atoms with Crippen LogP contribution in [-0.2, 0) is 14.3 Å². The number of ether oxygens (including phenoxy) is 2. The van der Waals surface area contributed by atoms with Crippen molar-refractivity contribution in [1.29, 1.82) is 0 Å². The molecular formula is C52H103NO10. The van der Waals surface area contributed by atoms with Gasteiger partial charge in [0.1, 0.15) is 36.6 Å². The Morgan fingerprint density at radius 2 is 0.825 bits per heavy atom. The molecule has 1 aliphatic rings. The maximum absolute atomic E-state index is 13.0. The number of carbonyl (C=O) groups excluding carboxylic acids is 1. The smallest absolute Gasteiger partial charge is 0.249 e. The van der Waals surface area contributed by atoms with Crippen LogP contribution in [0.15, 0.2) is 0 Å². The molecule has 0 spiro atoms. The Morgan fingerprint density at radius 1 is 0.492 bits per heavy atom. The van der Waals surface area contributed by atoms with Crippen molar-refractivity contribution >= 4 is 5.91 Å². The van der Waals surface area contributed by atoms with Crippen molar-refractivity contribution in [1.82, 2.24) is 5.32 Å². The minimum Gasteiger partial charge on any atom is -0.394 e. The van der Waals surface area contributed by atoms with E-state index in [1.807, 2.05) is 0 Å². The van der Waals surface area contributed by atoms with Gasteiger partial charge >= 0.3 is 0 Å². The van der Waals surface area contributed by atoms with Gasteiger partial charge in [-0.05, 0) is 12.8 Å². The van der Waals surface area contributed by atoms with Gasteiger partial charge in [-0.25, -0.2) is 0 Å². The number of aliphatic hydroxyl groups excluding tert-OH is 7. The van der Waals surface area contributed by atoms with Crippen molar-refractivity contribution < 1.29 is 50.0 Å². The van der Waals surface area contributed by atoms with E-state index in [4.69, 9.17) is 9.47 Å². The highest BCUT2D eigenvalue weighted by Gasteiger charge is 2.44. The highest BCUT2D eigenvalue weighted by molar-refractivity contribution is 5.80. The lowest BCUT2D eigenvalue weighted by molar-refractivity contribution is -0.303. The first kappa shape index (κ1) is 60.1. The number of unbranched alkanes of at least 4 members (excludes halogenated alkanes) is 34. The van der Waals surface area contributed by atoms with E-state index in [9.17, 15) is 40.5 Å². The molecule has 63 heavy (non-hydrogen) atoms. The molecule has 11 nitrogen and oxygen atoms in total. The summed E-state index contributed by atoms with van der Waals surface area (Å²) in [5.41, 5.74) is 0. The van der Waals surface area contributed by atoms with Gasteiger partial charge in [0.05, 0.1) is 25.4 Å². The average molecular weight is 902 g/mol. The van der Waals surface area contributed by atoms with E-state index in [1.165, 1.54) is 180 Å². The second kappa shape index (κ2) is 42.5. The lowest BCUT2D eigenvalue weighted by atomic mass is 9.98. The molecule has 1 saturated heterocycles. The van der Waals surface area contributed by atoms with Gasteiger partial charge in [-0.1, -0.05) is 245 Å². The second-order valence-corrected chi connectivity index (χ2v) is 19.3. The summed E-state index contributed by atoms with van der Waals surface area (Å²) in [5.74, 6) is -0.696. The molecule has 0 aromatic heterocycles. The Bertz CT molecular complexity index is 991. The normalized spacial score (nSPS) is 21.1. The summed E-state index contributed by atoms with van der Waals surface area (Å²) < 4.78 is 11.1. The molecule has 1 fully saturated rings. The van der Waals surface area contributed by atoms with E-state index in [0.717, 1.165) is 38.5 Å². The summed E-state index contributed by atoms with van der Waals surface area (Å²) in [6.45, 7) is 3.44. The quantitative estimate of drug-likeness (QED) is 0.0273. The fourth-order valence-corrected chi connectivity index (χ4v) is 8.97. The largest absolute Gasteiger partial charge is 0.394 e. The van der Waals surface area contributed by atoms with E-state index < -0.39 is 74.2 Å². The van der Waals surface area contributed by atoms with Crippen molar-refractivity contribution in [2.75, 3.05) is 13.2 Å². The molecule has 9 unspecified atom stereocenters. The first-order valence-corrected chi connectivity index (χ1v) is 26.9. The molecule has 0 radical (unpaired) electrons. The van der Waals surface area contributed by atoms with Crippen molar-refractivity contribution in [3.05, 3.63) is 0 Å². The van der Waals surface area contributed by atoms with Gasteiger partial charge in [-0.2, -0.15) is 0 Å². The van der Waals surface area contributed by atoms with E-state index >= 15 is 0 Å². The molecule has 0 aromatic carbocycles. The van der Waals surface area contributed by atoms with Crippen LogP contribution in [0.1, 0.15) is 258 Å². The summed E-state index contributed by atoms with van der Waals surface area (Å²) in [4.78, 5) is 13.0. The van der Waals surface area contributed by atoms with Gasteiger partial charge in [-0.15, -0.1) is 0 Å². The standard InChI is InChI=1S/C52H103NO10/c1-3-5-7-9-11-13-14-15-16-17-18-19-20-21-22-23-24-25-26-27-28-29-30-32-33-35-37-39-44(55)47(57)43(42-62-52-50(60)49(59)48(58)46(41-54)63-52)53-51(61)45(56)40-38-36-34-31-12-10-8-6-4-2/h43-50,52,54-60H,3-42H2,1-2H3,(H,53,61). The zero-order chi connectivity index (χ0) is 46.2. The highest BCUT2D eigenvalue weighted by atomic mass is 16.7. The molecule has 11 heteroatoms. The summed E-state index contributed by atoms with van der Waals surface area (Å²) in [7, 11) is 0. The van der Waals surface area contributed by atoms with Gasteiger partial charge in [0, 0.05) is 0 Å². The fourth-order valence-electron chi connectivity index (χ4n) is 8.97. The lowest BCUT2D eigenvalue weighted by Gasteiger charge is -2.40. The number of nitrogens with one attached hydrogen (secondary N) is 1. The van der Waals surface area contributed by atoms with Crippen molar-refractivity contribution in [3.8, 4) is 0 Å². The molecule has 1 aliphatic heterocycles. The minimum absolute atomic E-state index is 0.264. The van der Waals surface area contributed by atoms with Crippen LogP contribution < -0.4 is 5.32 Å². The Hall–Kier alpha value is -0.890. The molecule has 9 atom stereocenters. The molecule has 0 aliphatic carbocycles. The van der Waals surface area contributed by atoms with E-state index in [-0.39, 0.29) is 6.42 Å². The SMILES string of the molecule is CCCCCCCCCCCCCCCCCCCCCCCCCCCCCC(O)C(O)C(COC1OC(CO)C(O)C(O)C1O)NC(=O)C(O)CCCCCCCCCCC. The number of hydrogen-bond acceptors (Lipinski definition) is 10. The highest BCUT2D eigenvalue weighted by Crippen LogP contribution is 2.23. The van der Waals surface area contributed by atoms with E-state index in [1.54, 1.807) is 0 Å². The lowest BCUT2D eigenvalue weighted by Crippen LogP contribution is -2.60. The minimum atomic E-state index is -1.66. The Morgan fingerprint density at radius 3 is 1.17 bits per heavy atom. The Balaban J connectivity index is 2.23. The molecule has 0 saturated carbocycles. The third-order valence-electron chi connectivity index (χ3n) is 13.4. The summed E-state index contributed by atoms with van der Waals surface area (Å²) in [6, 6.07) is -1.16. The summed E-state index contributed by atoms with van der Waals surface area (Å²) >= 11 is 0. The van der Waals surface area contributed by atoms with Crippen LogP contribution in [-0.4, -0.2) is 110 Å². The monoisotopic (exact) mass is 902 g/mol. The van der Waals surface area contributed by atoms with Crippen molar-refractivity contribution in [2.45, 2.75) is 313 Å². The maximum atomic E-state index is 13.0. The van der Waals surface area contributed by atoms with Crippen molar-refractivity contribution in [2.24, 2.45) is 0 Å². The van der Waals surface area contributed by atoms with Crippen molar-refractivity contribution in [3.63, 3.8) is 0 Å². The molecular weight excluding hydrogens is 799 g/mol. The molecule has 1 amide bonds. The van der Waals surface area contributed by atoms with Crippen LogP contribution in [0.2, 0.25) is 0 Å². The first-order valence-electron chi connectivity index (χ1n) is 26.9.